The molecule has 3 aromatic rings. The Morgan fingerprint density at radius 3 is 2.50 bits per heavy atom. The molecule has 0 radical (unpaired) electrons. The number of carbonyl (C=O) groups is 2. The first-order chi connectivity index (χ1) is 12.4. The fourth-order valence-corrected chi connectivity index (χ4v) is 3.30. The van der Waals surface area contributed by atoms with Crippen molar-refractivity contribution in [3.05, 3.63) is 64.8 Å². The van der Waals surface area contributed by atoms with E-state index >= 15 is 0 Å². The topological polar surface area (TPSA) is 51.1 Å². The summed E-state index contributed by atoms with van der Waals surface area (Å²) in [5.74, 6) is -0.0947. The SMILES string of the molecule is CCc1cccc2c(C(C)=O)cn(CC(=O)Nc3ccc(C)c(C)c3)c12. The van der Waals surface area contributed by atoms with Gasteiger partial charge in [0.05, 0.1) is 5.52 Å². The summed E-state index contributed by atoms with van der Waals surface area (Å²) in [5.41, 5.74) is 5.88. The average Bonchev–Trinajstić information content (AvgIpc) is 2.97. The normalized spacial score (nSPS) is 10.9. The summed E-state index contributed by atoms with van der Waals surface area (Å²) in [6.45, 7) is 7.88. The van der Waals surface area contributed by atoms with Crippen LogP contribution in [0.2, 0.25) is 0 Å². The monoisotopic (exact) mass is 348 g/mol. The lowest BCUT2D eigenvalue weighted by atomic mass is 10.1. The Balaban J connectivity index is 1.93. The molecule has 0 fully saturated rings. The number of para-hydroxylation sites is 1. The molecule has 1 amide bonds. The second-order valence-electron chi connectivity index (χ2n) is 6.74. The number of amides is 1. The third-order valence-electron chi connectivity index (χ3n) is 4.85. The Kier molecular flexibility index (Phi) is 4.94. The molecule has 3 rings (SSSR count). The van der Waals surface area contributed by atoms with Crippen LogP contribution in [0.25, 0.3) is 10.9 Å². The third kappa shape index (κ3) is 3.40. The number of nitrogens with zero attached hydrogens (tertiary/aromatic N) is 1. The van der Waals surface area contributed by atoms with Gasteiger partial charge in [0.15, 0.2) is 5.78 Å². The minimum absolute atomic E-state index is 0.0107. The first-order valence-electron chi connectivity index (χ1n) is 8.89. The zero-order valence-electron chi connectivity index (χ0n) is 15.7. The fourth-order valence-electron chi connectivity index (χ4n) is 3.30. The molecule has 1 aromatic heterocycles. The maximum atomic E-state index is 12.6. The van der Waals surface area contributed by atoms with Crippen LogP contribution in [-0.4, -0.2) is 16.3 Å². The van der Waals surface area contributed by atoms with Gasteiger partial charge in [-0.15, -0.1) is 0 Å². The molecule has 0 aliphatic rings. The number of carbonyl (C=O) groups excluding carboxylic acids is 2. The highest BCUT2D eigenvalue weighted by Gasteiger charge is 2.16. The van der Waals surface area contributed by atoms with Gasteiger partial charge in [-0.05, 0) is 56.0 Å². The highest BCUT2D eigenvalue weighted by molar-refractivity contribution is 6.08. The summed E-state index contributed by atoms with van der Waals surface area (Å²) in [6, 6.07) is 11.8. The summed E-state index contributed by atoms with van der Waals surface area (Å²) in [7, 11) is 0. The number of hydrogen-bond donors (Lipinski definition) is 1. The molecule has 4 heteroatoms. The molecule has 2 aromatic carbocycles. The van der Waals surface area contributed by atoms with Gasteiger partial charge in [0.1, 0.15) is 6.54 Å². The van der Waals surface area contributed by atoms with E-state index in [0.29, 0.717) is 5.56 Å². The van der Waals surface area contributed by atoms with Crippen LogP contribution in [0.4, 0.5) is 5.69 Å². The Morgan fingerprint density at radius 2 is 1.85 bits per heavy atom. The number of nitrogens with one attached hydrogen (secondary N) is 1. The number of anilines is 1. The number of ketones is 1. The van der Waals surface area contributed by atoms with Gasteiger partial charge in [-0.1, -0.05) is 31.2 Å². The summed E-state index contributed by atoms with van der Waals surface area (Å²) < 4.78 is 1.89. The van der Waals surface area contributed by atoms with Gasteiger partial charge in [-0.2, -0.15) is 0 Å². The van der Waals surface area contributed by atoms with Crippen LogP contribution >= 0.6 is 0 Å². The minimum Gasteiger partial charge on any atom is -0.337 e. The maximum Gasteiger partial charge on any atom is 0.244 e. The zero-order chi connectivity index (χ0) is 18.8. The summed E-state index contributed by atoms with van der Waals surface area (Å²) >= 11 is 0. The minimum atomic E-state index is -0.105. The largest absolute Gasteiger partial charge is 0.337 e. The summed E-state index contributed by atoms with van der Waals surface area (Å²) in [4.78, 5) is 24.6. The van der Waals surface area contributed by atoms with Crippen LogP contribution in [0.3, 0.4) is 0 Å². The maximum absolute atomic E-state index is 12.6. The third-order valence-corrected chi connectivity index (χ3v) is 4.85. The van der Waals surface area contributed by atoms with Crippen molar-refractivity contribution in [2.75, 3.05) is 5.32 Å². The Hall–Kier alpha value is -2.88. The molecule has 0 unspecified atom stereocenters. The lowest BCUT2D eigenvalue weighted by Crippen LogP contribution is -2.18. The van der Waals surface area contributed by atoms with Crippen LogP contribution in [0.5, 0.6) is 0 Å². The molecule has 0 saturated heterocycles. The number of benzene rings is 2. The van der Waals surface area contributed by atoms with E-state index in [-0.39, 0.29) is 18.2 Å². The average molecular weight is 348 g/mol. The number of Topliss-reactive ketones (excluding diaryl/α,β-unsaturated/α-hetero) is 1. The lowest BCUT2D eigenvalue weighted by molar-refractivity contribution is -0.116. The van der Waals surface area contributed by atoms with Gasteiger partial charge >= 0.3 is 0 Å². The molecule has 134 valence electrons. The molecule has 0 aliphatic carbocycles. The first kappa shape index (κ1) is 17.9. The lowest BCUT2D eigenvalue weighted by Gasteiger charge is -2.10. The van der Waals surface area contributed by atoms with Gasteiger partial charge in [-0.3, -0.25) is 9.59 Å². The Morgan fingerprint density at radius 1 is 1.08 bits per heavy atom. The molecule has 1 heterocycles. The van der Waals surface area contributed by atoms with Crippen molar-refractivity contribution in [2.24, 2.45) is 0 Å². The number of aryl methyl sites for hydroxylation is 3. The highest BCUT2D eigenvalue weighted by atomic mass is 16.2. The fraction of sp³-hybridized carbons (Fsp3) is 0.273. The van der Waals surface area contributed by atoms with E-state index in [9.17, 15) is 9.59 Å². The predicted octanol–water partition coefficient (Wildman–Crippen LogP) is 4.66. The number of rotatable bonds is 5. The van der Waals surface area contributed by atoms with Crippen molar-refractivity contribution in [1.82, 2.24) is 4.57 Å². The summed E-state index contributed by atoms with van der Waals surface area (Å²) in [6.07, 6.45) is 2.64. The van der Waals surface area contributed by atoms with Gasteiger partial charge in [0, 0.05) is 22.8 Å². The molecule has 0 bridgehead atoms. The summed E-state index contributed by atoms with van der Waals surface area (Å²) in [5, 5.41) is 3.87. The standard InChI is InChI=1S/C22H24N2O2/c1-5-17-7-6-8-19-20(16(4)25)12-24(22(17)19)13-21(26)23-18-10-9-14(2)15(3)11-18/h6-12H,5,13H2,1-4H3,(H,23,26). The van der Waals surface area contributed by atoms with Crippen molar-refractivity contribution in [3.63, 3.8) is 0 Å². The highest BCUT2D eigenvalue weighted by Crippen LogP contribution is 2.26. The van der Waals surface area contributed by atoms with Crippen molar-refractivity contribution in [3.8, 4) is 0 Å². The smallest absolute Gasteiger partial charge is 0.244 e. The Labute approximate surface area is 153 Å². The zero-order valence-corrected chi connectivity index (χ0v) is 15.7. The second-order valence-corrected chi connectivity index (χ2v) is 6.74. The quantitative estimate of drug-likeness (QED) is 0.682. The Bertz CT molecular complexity index is 999. The van der Waals surface area contributed by atoms with Gasteiger partial charge < -0.3 is 9.88 Å². The number of fused-ring (bicyclic) bond motifs is 1. The van der Waals surface area contributed by atoms with Crippen molar-refractivity contribution < 1.29 is 9.59 Å². The van der Waals surface area contributed by atoms with E-state index in [0.717, 1.165) is 34.1 Å². The van der Waals surface area contributed by atoms with E-state index in [2.05, 4.69) is 12.2 Å². The van der Waals surface area contributed by atoms with Crippen LogP contribution in [-0.2, 0) is 17.8 Å². The van der Waals surface area contributed by atoms with Crippen LogP contribution in [0.15, 0.2) is 42.6 Å². The van der Waals surface area contributed by atoms with Gasteiger partial charge in [-0.25, -0.2) is 0 Å². The van der Waals surface area contributed by atoms with E-state index in [1.54, 1.807) is 13.1 Å². The predicted molar refractivity (Wildman–Crippen MR) is 106 cm³/mol. The van der Waals surface area contributed by atoms with E-state index < -0.39 is 0 Å². The number of aromatic nitrogens is 1. The first-order valence-corrected chi connectivity index (χ1v) is 8.89. The van der Waals surface area contributed by atoms with Crippen molar-refractivity contribution in [2.45, 2.75) is 40.7 Å². The van der Waals surface area contributed by atoms with E-state index in [1.807, 2.05) is 54.8 Å². The van der Waals surface area contributed by atoms with Crippen LogP contribution in [0.1, 0.15) is 40.9 Å². The molecule has 0 saturated carbocycles. The molecule has 0 atom stereocenters. The van der Waals surface area contributed by atoms with Crippen molar-refractivity contribution >= 4 is 28.3 Å². The van der Waals surface area contributed by atoms with E-state index in [4.69, 9.17) is 0 Å². The van der Waals surface area contributed by atoms with Gasteiger partial charge in [0.2, 0.25) is 5.91 Å². The molecule has 0 aliphatic heterocycles. The molecular weight excluding hydrogens is 324 g/mol. The molecule has 4 nitrogen and oxygen atoms in total. The van der Waals surface area contributed by atoms with Gasteiger partial charge in [0.25, 0.3) is 0 Å². The molecule has 26 heavy (non-hydrogen) atoms. The van der Waals surface area contributed by atoms with Crippen LogP contribution in [0, 0.1) is 13.8 Å². The molecule has 1 N–H and O–H groups in total. The van der Waals surface area contributed by atoms with E-state index in [1.165, 1.54) is 5.56 Å². The van der Waals surface area contributed by atoms with Crippen LogP contribution < -0.4 is 5.32 Å². The van der Waals surface area contributed by atoms with Crippen molar-refractivity contribution in [1.29, 1.82) is 0 Å². The molecule has 0 spiro atoms. The molecular formula is C22H24N2O2. The number of hydrogen-bond acceptors (Lipinski definition) is 2. The second kappa shape index (κ2) is 7.16.